The summed E-state index contributed by atoms with van der Waals surface area (Å²) in [5.74, 6) is 0. The number of nitrogens with zero attached hydrogens (tertiary/aromatic N) is 1. The average Bonchev–Trinajstić information content (AvgIpc) is 3.24. The van der Waals surface area contributed by atoms with E-state index in [0.29, 0.717) is 5.52 Å². The molecule has 176 valence electrons. The number of fused-ring (bicyclic) bond motifs is 2. The monoisotopic (exact) mass is 553 g/mol. The van der Waals surface area contributed by atoms with E-state index in [9.17, 15) is 8.42 Å². The number of aromatic nitrogens is 1. The van der Waals surface area contributed by atoms with Gasteiger partial charge in [0.1, 0.15) is 0 Å². The molecule has 0 aliphatic rings. The first-order valence-corrected chi connectivity index (χ1v) is 14.9. The molecule has 0 radical (unpaired) electrons. The second-order valence-corrected chi connectivity index (χ2v) is 12.8. The van der Waals surface area contributed by atoms with Crippen LogP contribution in [0.15, 0.2) is 126 Å². The SMILES string of the molecule is Cc1ccc(S(=O)(=O)n2c(-c3ccc4ccccc4c3)c([Se]c3ccccc3)c3ccccc32)cc1. The van der Waals surface area contributed by atoms with Gasteiger partial charge in [0.15, 0.2) is 0 Å². The molecule has 0 fully saturated rings. The standard InChI is InChI=1S/C31H23NO2SSe/c1-22-15-19-26(20-16-22)35(33,34)32-29-14-8-7-13-28(29)31(36-27-11-3-2-4-12-27)30(32)25-18-17-23-9-5-6-10-24(23)21-25/h2-21H,1H3. The van der Waals surface area contributed by atoms with Gasteiger partial charge in [0.05, 0.1) is 0 Å². The minimum absolute atomic E-state index is 0.101. The second kappa shape index (κ2) is 9.11. The minimum atomic E-state index is -3.86. The van der Waals surface area contributed by atoms with Gasteiger partial charge in [0.2, 0.25) is 0 Å². The molecule has 0 unspecified atom stereocenters. The number of rotatable bonds is 5. The van der Waals surface area contributed by atoms with Crippen molar-refractivity contribution in [2.45, 2.75) is 11.8 Å². The van der Waals surface area contributed by atoms with Crippen molar-refractivity contribution < 1.29 is 8.42 Å². The number of hydrogen-bond acceptors (Lipinski definition) is 2. The van der Waals surface area contributed by atoms with Crippen LogP contribution in [0, 0.1) is 6.92 Å². The summed E-state index contributed by atoms with van der Waals surface area (Å²) < 4.78 is 32.3. The van der Waals surface area contributed by atoms with Crippen molar-refractivity contribution in [3.8, 4) is 11.3 Å². The zero-order valence-electron chi connectivity index (χ0n) is 19.6. The van der Waals surface area contributed by atoms with Crippen LogP contribution in [0.5, 0.6) is 0 Å². The maximum atomic E-state index is 14.3. The van der Waals surface area contributed by atoms with Gasteiger partial charge in [0.25, 0.3) is 0 Å². The van der Waals surface area contributed by atoms with Crippen LogP contribution >= 0.6 is 0 Å². The second-order valence-electron chi connectivity index (χ2n) is 8.75. The van der Waals surface area contributed by atoms with E-state index >= 15 is 0 Å². The molecule has 5 aromatic carbocycles. The topological polar surface area (TPSA) is 39.1 Å². The summed E-state index contributed by atoms with van der Waals surface area (Å²) in [6, 6.07) is 39.7. The summed E-state index contributed by atoms with van der Waals surface area (Å²) >= 11 is -0.101. The van der Waals surface area contributed by atoms with E-state index in [1.165, 1.54) is 4.46 Å². The van der Waals surface area contributed by atoms with Gasteiger partial charge in [-0.05, 0) is 0 Å². The van der Waals surface area contributed by atoms with E-state index < -0.39 is 10.0 Å². The molecule has 6 rings (SSSR count). The number of aryl methyl sites for hydroxylation is 1. The van der Waals surface area contributed by atoms with Gasteiger partial charge < -0.3 is 0 Å². The zero-order chi connectivity index (χ0) is 24.7. The predicted octanol–water partition coefficient (Wildman–Crippen LogP) is 5.66. The van der Waals surface area contributed by atoms with Crippen molar-refractivity contribution in [3.63, 3.8) is 0 Å². The molecule has 0 amide bonds. The van der Waals surface area contributed by atoms with Crippen molar-refractivity contribution in [3.05, 3.63) is 127 Å². The molecule has 0 aliphatic carbocycles. The van der Waals surface area contributed by atoms with E-state index in [4.69, 9.17) is 0 Å². The maximum absolute atomic E-state index is 14.3. The van der Waals surface area contributed by atoms with Gasteiger partial charge in [0, 0.05) is 0 Å². The molecule has 0 saturated heterocycles. The summed E-state index contributed by atoms with van der Waals surface area (Å²) in [6.45, 7) is 1.96. The summed E-state index contributed by atoms with van der Waals surface area (Å²) in [5.41, 5.74) is 3.36. The number of hydrogen-bond donors (Lipinski definition) is 0. The molecule has 5 heteroatoms. The summed E-state index contributed by atoms with van der Waals surface area (Å²) in [6.07, 6.45) is 0. The van der Waals surface area contributed by atoms with Gasteiger partial charge in [-0.2, -0.15) is 0 Å². The Morgan fingerprint density at radius 1 is 0.667 bits per heavy atom. The third kappa shape index (κ3) is 3.96. The van der Waals surface area contributed by atoms with Crippen LogP contribution in [0.1, 0.15) is 5.56 Å². The summed E-state index contributed by atoms with van der Waals surface area (Å²) in [4.78, 5) is 0.287. The fourth-order valence-corrected chi connectivity index (χ4v) is 8.56. The molecular weight excluding hydrogens is 529 g/mol. The Kier molecular flexibility index (Phi) is 5.77. The van der Waals surface area contributed by atoms with Crippen LogP contribution < -0.4 is 8.92 Å². The molecule has 3 nitrogen and oxygen atoms in total. The first kappa shape index (κ1) is 22.8. The fraction of sp³-hybridized carbons (Fsp3) is 0.0323. The first-order chi connectivity index (χ1) is 17.5. The molecule has 6 aromatic rings. The number of para-hydroxylation sites is 1. The van der Waals surface area contributed by atoms with Crippen LogP contribution in [-0.4, -0.2) is 27.3 Å². The van der Waals surface area contributed by atoms with E-state index in [-0.39, 0.29) is 19.9 Å². The molecule has 0 atom stereocenters. The fourth-order valence-electron chi connectivity index (χ4n) is 4.54. The van der Waals surface area contributed by atoms with Crippen LogP contribution in [-0.2, 0) is 10.0 Å². The molecule has 0 aliphatic heterocycles. The van der Waals surface area contributed by atoms with Gasteiger partial charge in [-0.15, -0.1) is 0 Å². The first-order valence-electron chi connectivity index (χ1n) is 11.7. The van der Waals surface area contributed by atoms with Crippen LogP contribution in [0.2, 0.25) is 0 Å². The Labute approximate surface area is 217 Å². The van der Waals surface area contributed by atoms with E-state index in [1.54, 1.807) is 16.1 Å². The Bertz CT molecular complexity index is 1820. The zero-order valence-corrected chi connectivity index (χ0v) is 22.2. The molecule has 0 spiro atoms. The van der Waals surface area contributed by atoms with Crippen LogP contribution in [0.4, 0.5) is 0 Å². The quantitative estimate of drug-likeness (QED) is 0.259. The normalized spacial score (nSPS) is 11.8. The van der Waals surface area contributed by atoms with E-state index in [0.717, 1.165) is 37.4 Å². The summed E-state index contributed by atoms with van der Waals surface area (Å²) in [5, 5.41) is 3.18. The molecule has 0 N–H and O–H groups in total. The molecular formula is C31H23NO2SSe. The molecule has 1 heterocycles. The van der Waals surface area contributed by atoms with Crippen LogP contribution in [0.3, 0.4) is 0 Å². The Hall–Kier alpha value is -3.63. The third-order valence-corrected chi connectivity index (χ3v) is 10.4. The van der Waals surface area contributed by atoms with Gasteiger partial charge in [-0.1, -0.05) is 0 Å². The van der Waals surface area contributed by atoms with E-state index in [1.807, 2.05) is 79.7 Å². The Morgan fingerprint density at radius 2 is 1.33 bits per heavy atom. The van der Waals surface area contributed by atoms with Crippen LogP contribution in [0.25, 0.3) is 32.9 Å². The van der Waals surface area contributed by atoms with E-state index in [2.05, 4.69) is 36.4 Å². The molecule has 0 bridgehead atoms. The van der Waals surface area contributed by atoms with Crippen molar-refractivity contribution in [1.29, 1.82) is 0 Å². The predicted molar refractivity (Wildman–Crippen MR) is 150 cm³/mol. The summed E-state index contributed by atoms with van der Waals surface area (Å²) in [7, 11) is -3.86. The molecule has 1 aromatic heterocycles. The number of benzene rings is 5. The Balaban J connectivity index is 1.70. The van der Waals surface area contributed by atoms with Crippen molar-refractivity contribution >= 4 is 55.6 Å². The Morgan fingerprint density at radius 3 is 2.11 bits per heavy atom. The molecule has 36 heavy (non-hydrogen) atoms. The van der Waals surface area contributed by atoms with Crippen molar-refractivity contribution in [2.75, 3.05) is 0 Å². The van der Waals surface area contributed by atoms with Gasteiger partial charge in [-0.25, -0.2) is 0 Å². The third-order valence-electron chi connectivity index (χ3n) is 6.33. The van der Waals surface area contributed by atoms with Crippen molar-refractivity contribution in [2.24, 2.45) is 0 Å². The van der Waals surface area contributed by atoms with Crippen molar-refractivity contribution in [1.82, 2.24) is 3.97 Å². The van der Waals surface area contributed by atoms with Gasteiger partial charge >= 0.3 is 218 Å². The average molecular weight is 553 g/mol. The van der Waals surface area contributed by atoms with Gasteiger partial charge in [-0.3, -0.25) is 0 Å². The molecule has 0 saturated carbocycles.